The van der Waals surface area contributed by atoms with Crippen LogP contribution in [-0.4, -0.2) is 5.91 Å². The summed E-state index contributed by atoms with van der Waals surface area (Å²) < 4.78 is 0. The molecule has 0 saturated heterocycles. The molecule has 0 aromatic carbocycles. The second-order valence-electron chi connectivity index (χ2n) is 3.33. The third-order valence-electron chi connectivity index (χ3n) is 1.28. The Hall–Kier alpha value is -1.04. The molecule has 10 heavy (non-hydrogen) atoms. The summed E-state index contributed by atoms with van der Waals surface area (Å²) in [5.74, 6) is -1.23. The van der Waals surface area contributed by atoms with Crippen molar-refractivity contribution in [3.8, 4) is 6.07 Å². The van der Waals surface area contributed by atoms with Gasteiger partial charge in [0.05, 0.1) is 6.07 Å². The lowest BCUT2D eigenvalue weighted by Gasteiger charge is -2.21. The van der Waals surface area contributed by atoms with Gasteiger partial charge >= 0.3 is 0 Å². The minimum absolute atomic E-state index is 0.347. The Morgan fingerprint density at radius 3 is 2.00 bits per heavy atom. The predicted octanol–water partition coefficient (Wildman–Crippen LogP) is 0.658. The Morgan fingerprint density at radius 2 is 2.00 bits per heavy atom. The molecule has 0 aliphatic heterocycles. The Balaban J connectivity index is 4.42. The van der Waals surface area contributed by atoms with Gasteiger partial charge in [-0.3, -0.25) is 4.79 Å². The van der Waals surface area contributed by atoms with Crippen LogP contribution in [0.1, 0.15) is 20.8 Å². The molecule has 1 atom stereocenters. The van der Waals surface area contributed by atoms with Gasteiger partial charge in [-0.25, -0.2) is 0 Å². The Morgan fingerprint density at radius 1 is 1.60 bits per heavy atom. The van der Waals surface area contributed by atoms with Gasteiger partial charge in [-0.1, -0.05) is 20.8 Å². The van der Waals surface area contributed by atoms with Gasteiger partial charge < -0.3 is 5.73 Å². The molecular formula is C7H12N2O. The van der Waals surface area contributed by atoms with Crippen molar-refractivity contribution in [3.05, 3.63) is 0 Å². The van der Waals surface area contributed by atoms with Crippen molar-refractivity contribution in [2.24, 2.45) is 17.1 Å². The quantitative estimate of drug-likeness (QED) is 0.581. The van der Waals surface area contributed by atoms with Crippen LogP contribution in [0.2, 0.25) is 0 Å². The van der Waals surface area contributed by atoms with Crippen LogP contribution in [0.5, 0.6) is 0 Å². The lowest BCUT2D eigenvalue weighted by atomic mass is 9.81. The first-order valence-corrected chi connectivity index (χ1v) is 3.08. The molecule has 0 heterocycles. The third-order valence-corrected chi connectivity index (χ3v) is 1.28. The minimum atomic E-state index is -0.688. The van der Waals surface area contributed by atoms with Gasteiger partial charge in [0, 0.05) is 0 Å². The third kappa shape index (κ3) is 2.06. The van der Waals surface area contributed by atoms with Gasteiger partial charge in [-0.2, -0.15) is 5.26 Å². The lowest BCUT2D eigenvalue weighted by Crippen LogP contribution is -2.32. The number of carbonyl (C=O) groups is 1. The number of nitrogens with two attached hydrogens (primary N) is 1. The van der Waals surface area contributed by atoms with Crippen LogP contribution in [-0.2, 0) is 4.79 Å². The van der Waals surface area contributed by atoms with Crippen molar-refractivity contribution in [3.63, 3.8) is 0 Å². The Bertz CT molecular complexity index is 173. The summed E-state index contributed by atoms with van der Waals surface area (Å²) in [6.07, 6.45) is 0. The number of rotatable bonds is 1. The molecule has 0 bridgehead atoms. The molecule has 0 saturated carbocycles. The first-order chi connectivity index (χ1) is 4.39. The Labute approximate surface area is 60.8 Å². The van der Waals surface area contributed by atoms with Crippen LogP contribution >= 0.6 is 0 Å². The monoisotopic (exact) mass is 140 g/mol. The second kappa shape index (κ2) is 2.70. The molecule has 0 spiro atoms. The molecule has 2 N–H and O–H groups in total. The van der Waals surface area contributed by atoms with Crippen molar-refractivity contribution >= 4 is 5.91 Å². The summed E-state index contributed by atoms with van der Waals surface area (Å²) in [6.45, 7) is 5.43. The van der Waals surface area contributed by atoms with E-state index in [1.54, 1.807) is 0 Å². The highest BCUT2D eigenvalue weighted by molar-refractivity contribution is 5.79. The largest absolute Gasteiger partial charge is 0.369 e. The van der Waals surface area contributed by atoms with Crippen molar-refractivity contribution in [2.45, 2.75) is 20.8 Å². The van der Waals surface area contributed by atoms with Gasteiger partial charge in [-0.05, 0) is 5.41 Å². The fourth-order valence-corrected chi connectivity index (χ4v) is 0.684. The maximum atomic E-state index is 10.6. The van der Waals surface area contributed by atoms with Crippen LogP contribution in [0.25, 0.3) is 0 Å². The molecule has 1 unspecified atom stereocenters. The number of nitrogens with zero attached hydrogens (tertiary/aromatic N) is 1. The van der Waals surface area contributed by atoms with E-state index >= 15 is 0 Å². The normalized spacial score (nSPS) is 13.8. The number of hydrogen-bond donors (Lipinski definition) is 1. The van der Waals surface area contributed by atoms with E-state index in [2.05, 4.69) is 0 Å². The van der Waals surface area contributed by atoms with Gasteiger partial charge in [-0.15, -0.1) is 0 Å². The average Bonchev–Trinajstić information content (AvgIpc) is 1.60. The zero-order valence-corrected chi connectivity index (χ0v) is 6.51. The molecule has 0 aromatic heterocycles. The number of amides is 1. The van der Waals surface area contributed by atoms with Crippen LogP contribution in [0, 0.1) is 22.7 Å². The number of carbonyl (C=O) groups excluding carboxylic acids is 1. The van der Waals surface area contributed by atoms with E-state index < -0.39 is 11.8 Å². The summed E-state index contributed by atoms with van der Waals surface area (Å²) >= 11 is 0. The first-order valence-electron chi connectivity index (χ1n) is 3.08. The van der Waals surface area contributed by atoms with Crippen molar-refractivity contribution < 1.29 is 4.79 Å². The smallest absolute Gasteiger partial charge is 0.235 e. The Kier molecular flexibility index (Phi) is 2.42. The van der Waals surface area contributed by atoms with Crippen molar-refractivity contribution in [1.82, 2.24) is 0 Å². The topological polar surface area (TPSA) is 66.9 Å². The number of hydrogen-bond acceptors (Lipinski definition) is 2. The summed E-state index contributed by atoms with van der Waals surface area (Å²) in [7, 11) is 0. The summed E-state index contributed by atoms with van der Waals surface area (Å²) in [4.78, 5) is 10.6. The number of nitriles is 1. The van der Waals surface area contributed by atoms with Gasteiger partial charge in [0.25, 0.3) is 0 Å². The SMILES string of the molecule is CC(C)(C)C(C#N)C(N)=O. The summed E-state index contributed by atoms with van der Waals surface area (Å²) in [5, 5.41) is 8.48. The maximum Gasteiger partial charge on any atom is 0.235 e. The van der Waals surface area contributed by atoms with E-state index in [4.69, 9.17) is 11.0 Å². The summed E-state index contributed by atoms with van der Waals surface area (Å²) in [6, 6.07) is 1.87. The first kappa shape index (κ1) is 8.96. The lowest BCUT2D eigenvalue weighted by molar-refractivity contribution is -0.122. The molecule has 0 radical (unpaired) electrons. The van der Waals surface area contributed by atoms with Crippen molar-refractivity contribution in [1.29, 1.82) is 5.26 Å². The van der Waals surface area contributed by atoms with Crippen LogP contribution in [0.4, 0.5) is 0 Å². The molecule has 0 aromatic rings. The highest BCUT2D eigenvalue weighted by Gasteiger charge is 2.28. The molecule has 3 nitrogen and oxygen atoms in total. The van der Waals surface area contributed by atoms with Gasteiger partial charge in [0.1, 0.15) is 5.92 Å². The fourth-order valence-electron chi connectivity index (χ4n) is 0.684. The molecule has 3 heteroatoms. The number of primary amides is 1. The van der Waals surface area contributed by atoms with E-state index in [0.717, 1.165) is 0 Å². The maximum absolute atomic E-state index is 10.6. The fraction of sp³-hybridized carbons (Fsp3) is 0.714. The van der Waals surface area contributed by atoms with Crippen LogP contribution < -0.4 is 5.73 Å². The summed E-state index contributed by atoms with van der Waals surface area (Å²) in [5.41, 5.74) is 4.63. The van der Waals surface area contributed by atoms with Crippen molar-refractivity contribution in [2.75, 3.05) is 0 Å². The van der Waals surface area contributed by atoms with Gasteiger partial charge in [0.15, 0.2) is 0 Å². The molecule has 0 aliphatic carbocycles. The molecule has 1 amide bonds. The van der Waals surface area contributed by atoms with E-state index in [1.165, 1.54) is 0 Å². The van der Waals surface area contributed by atoms with Crippen LogP contribution in [0.3, 0.4) is 0 Å². The zero-order valence-electron chi connectivity index (χ0n) is 6.51. The highest BCUT2D eigenvalue weighted by Crippen LogP contribution is 2.24. The van der Waals surface area contributed by atoms with Gasteiger partial charge in [0.2, 0.25) is 5.91 Å². The zero-order chi connectivity index (χ0) is 8.36. The molecule has 56 valence electrons. The highest BCUT2D eigenvalue weighted by atomic mass is 16.1. The predicted molar refractivity (Wildman–Crippen MR) is 37.8 cm³/mol. The average molecular weight is 140 g/mol. The van der Waals surface area contributed by atoms with E-state index in [1.807, 2.05) is 26.8 Å². The second-order valence-corrected chi connectivity index (χ2v) is 3.33. The molecular weight excluding hydrogens is 128 g/mol. The minimum Gasteiger partial charge on any atom is -0.369 e. The van der Waals surface area contributed by atoms with E-state index in [9.17, 15) is 4.79 Å². The molecule has 0 fully saturated rings. The van der Waals surface area contributed by atoms with Crippen LogP contribution in [0.15, 0.2) is 0 Å². The molecule has 0 aliphatic rings. The van der Waals surface area contributed by atoms with E-state index in [0.29, 0.717) is 0 Å². The van der Waals surface area contributed by atoms with E-state index in [-0.39, 0.29) is 5.41 Å². The molecule has 0 rings (SSSR count). The standard InChI is InChI=1S/C7H12N2O/c1-7(2,3)5(4-8)6(9)10/h5H,1-3H3,(H2,9,10).